The molecule has 0 spiro atoms. The van der Waals surface area contributed by atoms with Crippen molar-refractivity contribution >= 4 is 10.9 Å². The molecule has 0 aromatic carbocycles. The second kappa shape index (κ2) is 5.48. The fraction of sp³-hybridized carbons (Fsp3) is 0.600. The van der Waals surface area contributed by atoms with Gasteiger partial charge >= 0.3 is 0 Å². The van der Waals surface area contributed by atoms with E-state index in [2.05, 4.69) is 29.9 Å². The largest absolute Gasteiger partial charge is 0.162 e. The minimum Gasteiger partial charge on any atom is -0.162 e. The maximum atomic E-state index is 2.33. The summed E-state index contributed by atoms with van der Waals surface area (Å²) in [7, 11) is 0.508. The van der Waals surface area contributed by atoms with Crippen LogP contribution in [-0.4, -0.2) is 5.75 Å². The van der Waals surface area contributed by atoms with E-state index in [4.69, 9.17) is 0 Å². The third-order valence-electron chi connectivity index (χ3n) is 1.85. The molecule has 0 saturated heterocycles. The highest BCUT2D eigenvalue weighted by molar-refractivity contribution is 8.22. The van der Waals surface area contributed by atoms with Gasteiger partial charge in [0.1, 0.15) is 0 Å². The number of rotatable bonds is 5. The highest BCUT2D eigenvalue weighted by Crippen LogP contribution is 2.33. The molecule has 0 bridgehead atoms. The van der Waals surface area contributed by atoms with E-state index in [-0.39, 0.29) is 0 Å². The first-order valence-electron chi connectivity index (χ1n) is 4.47. The Kier molecular flexibility index (Phi) is 4.44. The minimum atomic E-state index is 0.508. The Bertz CT molecular complexity index is 135. The number of hydrogen-bond donors (Lipinski definition) is 0. The summed E-state index contributed by atoms with van der Waals surface area (Å²) in [5, 5.41) is 4.65. The van der Waals surface area contributed by atoms with Gasteiger partial charge in [-0.25, -0.2) is 0 Å². The van der Waals surface area contributed by atoms with Crippen LogP contribution in [0.1, 0.15) is 32.6 Å². The van der Waals surface area contributed by atoms with E-state index in [1.54, 1.807) is 0 Å². The topological polar surface area (TPSA) is 0 Å². The van der Waals surface area contributed by atoms with Crippen LogP contribution in [-0.2, 0) is 0 Å². The lowest BCUT2D eigenvalue weighted by atomic mass is 10.2. The maximum absolute atomic E-state index is 2.33. The third-order valence-corrected chi connectivity index (χ3v) is 3.62. The third kappa shape index (κ3) is 3.66. The molecule has 0 atom stereocenters. The Hall–Kier alpha value is -0.170. The first-order valence-corrected chi connectivity index (χ1v) is 5.99. The molecule has 0 amide bonds. The van der Waals surface area contributed by atoms with Crippen molar-refractivity contribution in [3.63, 3.8) is 0 Å². The van der Waals surface area contributed by atoms with Crippen LogP contribution in [0.2, 0.25) is 0 Å². The van der Waals surface area contributed by atoms with Gasteiger partial charge in [-0.15, -0.1) is 0 Å². The van der Waals surface area contributed by atoms with Crippen molar-refractivity contribution in [3.8, 4) is 0 Å². The summed E-state index contributed by atoms with van der Waals surface area (Å²) in [4.78, 5) is 0. The van der Waals surface area contributed by atoms with E-state index in [0.29, 0.717) is 10.9 Å². The fourth-order valence-corrected chi connectivity index (χ4v) is 2.65. The van der Waals surface area contributed by atoms with Gasteiger partial charge < -0.3 is 0 Å². The Morgan fingerprint density at radius 2 is 1.73 bits per heavy atom. The van der Waals surface area contributed by atoms with E-state index in [0.717, 1.165) is 0 Å². The monoisotopic (exact) mass is 169 g/mol. The summed E-state index contributed by atoms with van der Waals surface area (Å²) in [6.45, 7) is 2.26. The lowest BCUT2D eigenvalue weighted by molar-refractivity contribution is 0.706. The van der Waals surface area contributed by atoms with E-state index >= 15 is 0 Å². The summed E-state index contributed by atoms with van der Waals surface area (Å²) in [5.41, 5.74) is 0. The molecule has 0 aliphatic carbocycles. The van der Waals surface area contributed by atoms with Gasteiger partial charge in [0.25, 0.3) is 0 Å². The summed E-state index contributed by atoms with van der Waals surface area (Å²) < 4.78 is 0. The zero-order chi connectivity index (χ0) is 7.94. The van der Waals surface area contributed by atoms with Gasteiger partial charge in [-0.1, -0.05) is 38.3 Å². The summed E-state index contributed by atoms with van der Waals surface area (Å²) >= 11 is 0. The Morgan fingerprint density at radius 1 is 1.00 bits per heavy atom. The van der Waals surface area contributed by atoms with E-state index in [1.807, 2.05) is 0 Å². The maximum Gasteiger partial charge on any atom is -0.00790 e. The van der Waals surface area contributed by atoms with Gasteiger partial charge in [-0.05, 0) is 23.0 Å². The molecular weight excluding hydrogens is 152 g/mol. The van der Waals surface area contributed by atoms with Crippen molar-refractivity contribution in [2.24, 2.45) is 0 Å². The molecule has 1 aliphatic heterocycles. The normalized spacial score (nSPS) is 16.5. The lowest BCUT2D eigenvalue weighted by Crippen LogP contribution is -1.82. The number of unbranched alkanes of at least 4 members (excludes halogenated alkanes) is 3. The van der Waals surface area contributed by atoms with Gasteiger partial charge in [0, 0.05) is 0 Å². The molecule has 0 aromatic heterocycles. The van der Waals surface area contributed by atoms with Crippen LogP contribution < -0.4 is 0 Å². The molecule has 1 radical (unpaired) electrons. The molecule has 11 heavy (non-hydrogen) atoms. The van der Waals surface area contributed by atoms with E-state index in [1.165, 1.54) is 31.4 Å². The molecule has 0 nitrogen and oxygen atoms in total. The molecule has 1 heterocycles. The predicted molar refractivity (Wildman–Crippen MR) is 54.9 cm³/mol. The van der Waals surface area contributed by atoms with Crippen molar-refractivity contribution in [1.82, 2.24) is 0 Å². The number of allylic oxidation sites excluding steroid dienone is 2. The Balaban J connectivity index is 1.95. The van der Waals surface area contributed by atoms with E-state index < -0.39 is 0 Å². The smallest absolute Gasteiger partial charge is 0.00790 e. The van der Waals surface area contributed by atoms with Gasteiger partial charge in [0.05, 0.1) is 0 Å². The van der Waals surface area contributed by atoms with Gasteiger partial charge in [0.2, 0.25) is 0 Å². The molecule has 0 saturated carbocycles. The summed E-state index contributed by atoms with van der Waals surface area (Å²) in [6, 6.07) is 0. The molecule has 1 aliphatic rings. The molecular formula is C10H17S. The lowest BCUT2D eigenvalue weighted by Gasteiger charge is -2.06. The predicted octanol–water partition coefficient (Wildman–Crippen LogP) is 3.88. The van der Waals surface area contributed by atoms with Crippen LogP contribution in [0.15, 0.2) is 23.0 Å². The molecule has 63 valence electrons. The van der Waals surface area contributed by atoms with Crippen LogP contribution in [0.25, 0.3) is 0 Å². The van der Waals surface area contributed by atoms with Crippen molar-refractivity contribution < 1.29 is 0 Å². The SMILES string of the molecule is CCCCCC[S]1C=CC=C1. The van der Waals surface area contributed by atoms with Crippen LogP contribution in [0.3, 0.4) is 0 Å². The summed E-state index contributed by atoms with van der Waals surface area (Å²) in [5.74, 6) is 1.38. The van der Waals surface area contributed by atoms with Crippen molar-refractivity contribution in [3.05, 3.63) is 23.0 Å². The minimum absolute atomic E-state index is 0.508. The van der Waals surface area contributed by atoms with Crippen LogP contribution >= 0.6 is 10.9 Å². The number of hydrogen-bond acceptors (Lipinski definition) is 0. The van der Waals surface area contributed by atoms with Crippen molar-refractivity contribution in [2.75, 3.05) is 5.75 Å². The van der Waals surface area contributed by atoms with E-state index in [9.17, 15) is 0 Å². The second-order valence-electron chi connectivity index (χ2n) is 2.89. The van der Waals surface area contributed by atoms with Gasteiger partial charge in [-0.3, -0.25) is 0 Å². The fourth-order valence-electron chi connectivity index (χ4n) is 1.17. The zero-order valence-electron chi connectivity index (χ0n) is 7.25. The van der Waals surface area contributed by atoms with Crippen LogP contribution in [0.4, 0.5) is 0 Å². The average Bonchev–Trinajstić information content (AvgIpc) is 2.50. The van der Waals surface area contributed by atoms with Crippen molar-refractivity contribution in [2.45, 2.75) is 32.6 Å². The van der Waals surface area contributed by atoms with Gasteiger partial charge in [0.15, 0.2) is 0 Å². The first-order chi connectivity index (χ1) is 5.43. The van der Waals surface area contributed by atoms with Crippen LogP contribution in [0.5, 0.6) is 0 Å². The van der Waals surface area contributed by atoms with Crippen LogP contribution in [0, 0.1) is 0 Å². The molecule has 0 N–H and O–H groups in total. The molecule has 0 unspecified atom stereocenters. The van der Waals surface area contributed by atoms with Gasteiger partial charge in [-0.2, -0.15) is 10.9 Å². The van der Waals surface area contributed by atoms with Crippen molar-refractivity contribution in [1.29, 1.82) is 0 Å². The molecule has 1 rings (SSSR count). The first kappa shape index (κ1) is 8.92. The zero-order valence-corrected chi connectivity index (χ0v) is 8.07. The Morgan fingerprint density at radius 3 is 2.36 bits per heavy atom. The standard InChI is InChI=1S/C10H17S/c1-2-3-4-5-8-11-9-6-7-10-11/h6-7,9-10H,2-5,8H2,1H3. The molecule has 0 fully saturated rings. The molecule has 0 aromatic rings. The highest BCUT2D eigenvalue weighted by Gasteiger charge is 1.99. The summed E-state index contributed by atoms with van der Waals surface area (Å²) in [6.07, 6.45) is 9.92. The quantitative estimate of drug-likeness (QED) is 0.548. The average molecular weight is 169 g/mol. The highest BCUT2D eigenvalue weighted by atomic mass is 32.2. The Labute approximate surface area is 72.7 Å². The second-order valence-corrected chi connectivity index (χ2v) is 4.78. The molecule has 1 heteroatoms.